The van der Waals surface area contributed by atoms with E-state index in [0.717, 1.165) is 0 Å². The summed E-state index contributed by atoms with van der Waals surface area (Å²) in [6.45, 7) is 0. The number of hydrogen-bond donors (Lipinski definition) is 0. The Kier molecular flexibility index (Phi) is 2.59. The average Bonchev–Trinajstić information content (AvgIpc) is 3.03. The number of nitrogens with zero attached hydrogens (tertiary/aromatic N) is 2. The Morgan fingerprint density at radius 2 is 1.04 bits per heavy atom. The number of fused-ring (bicyclic) bond motifs is 4. The molecule has 0 radical (unpaired) electrons. The van der Waals surface area contributed by atoms with E-state index in [2.05, 4.69) is 9.97 Å². The standard InChI is InChI=1S/C48H28N2O/c1-2-12-38-37(11-1)36(22-23-39(38)42-24-19-33-16-15-32-10-5-27-49-47(32)48(33)50-42)34-8-4-9-35(28-34)43-25-26-44(51-43)40-20-17-31-14-13-29-6-3-7-30-18-21-41(40)46(31)45(29)30/h1-28H/i1D,2D,3D,4D,5D,6D,7D,8D,9D,10D,11D,12D,13D,14D,15D,16D,17D,18D,19D,20D,21D,22D,23D,24D,25D,26D,27D,28D. The van der Waals surface area contributed by atoms with Crippen molar-refractivity contribution in [3.8, 4) is 45.0 Å². The highest BCUT2D eigenvalue weighted by atomic mass is 16.3. The fraction of sp³-hybridized carbons (Fsp3) is 0. The van der Waals surface area contributed by atoms with Crippen molar-refractivity contribution in [3.05, 3.63) is 169 Å². The second-order valence-corrected chi connectivity index (χ2v) is 11.1. The summed E-state index contributed by atoms with van der Waals surface area (Å²) in [5.74, 6) is -1.70. The topological polar surface area (TPSA) is 38.9 Å². The lowest BCUT2D eigenvalue weighted by molar-refractivity contribution is 0.598. The molecule has 11 rings (SSSR count). The van der Waals surface area contributed by atoms with Crippen LogP contribution in [0.3, 0.4) is 0 Å². The minimum atomic E-state index is -1.06. The summed E-state index contributed by atoms with van der Waals surface area (Å²) in [5.41, 5.74) is -5.53. The van der Waals surface area contributed by atoms with Crippen LogP contribution in [0, 0.1) is 0 Å². The molecule has 0 aliphatic carbocycles. The van der Waals surface area contributed by atoms with Crippen LogP contribution in [0.4, 0.5) is 0 Å². The van der Waals surface area contributed by atoms with Gasteiger partial charge in [0.1, 0.15) is 11.5 Å². The molecule has 3 aromatic heterocycles. The SMILES string of the molecule is [2H]c1nc2c(c([2H])c1[2H])c([2H])c([2H])c1c([2H])c([2H])c(-c3c([2H])c([2H])c(-c4c([2H])c([2H])c([2H])c(-c5oc(-c6c([2H])c([2H])c7c([2H])c([2H])c8c([2H])c([2H])c([2H])c9c([2H])c([2H])c6c7c89)c([2H])c5[2H])c4[2H])c4c([2H])c([2H])c([2H])c([2H])c34)nc12. The Morgan fingerprint density at radius 3 is 1.92 bits per heavy atom. The Morgan fingerprint density at radius 1 is 0.412 bits per heavy atom. The first-order valence-corrected chi connectivity index (χ1v) is 15.1. The first kappa shape index (κ1) is 12.2. The first-order chi connectivity index (χ1) is 36.9. The predicted molar refractivity (Wildman–Crippen MR) is 212 cm³/mol. The number of furan rings is 1. The maximum atomic E-state index is 9.66. The van der Waals surface area contributed by atoms with Gasteiger partial charge in [0.25, 0.3) is 0 Å². The van der Waals surface area contributed by atoms with E-state index >= 15 is 0 Å². The summed E-state index contributed by atoms with van der Waals surface area (Å²) in [5, 5.41) is -4.53. The summed E-state index contributed by atoms with van der Waals surface area (Å²) in [6, 6.07) is -23.2. The van der Waals surface area contributed by atoms with Gasteiger partial charge < -0.3 is 4.42 Å². The third kappa shape index (κ3) is 4.32. The van der Waals surface area contributed by atoms with E-state index in [1.54, 1.807) is 0 Å². The van der Waals surface area contributed by atoms with Crippen molar-refractivity contribution in [2.24, 2.45) is 0 Å². The molecule has 0 bridgehead atoms. The minimum Gasteiger partial charge on any atom is -0.456 e. The van der Waals surface area contributed by atoms with Crippen LogP contribution < -0.4 is 0 Å². The van der Waals surface area contributed by atoms with Crippen molar-refractivity contribution in [1.29, 1.82) is 0 Å². The first-order valence-electron chi connectivity index (χ1n) is 29.1. The van der Waals surface area contributed by atoms with Gasteiger partial charge in [-0.05, 0) is 90.5 Å². The number of hydrogen-bond acceptors (Lipinski definition) is 3. The Labute approximate surface area is 332 Å². The van der Waals surface area contributed by atoms with Crippen LogP contribution in [0.5, 0.6) is 0 Å². The van der Waals surface area contributed by atoms with Gasteiger partial charge in [0.05, 0.1) is 55.1 Å². The molecule has 0 saturated carbocycles. The number of benzene rings is 8. The van der Waals surface area contributed by atoms with Crippen LogP contribution in [-0.2, 0) is 0 Å². The molecule has 0 spiro atoms. The maximum Gasteiger partial charge on any atom is 0.135 e. The molecule has 0 aliphatic rings. The number of rotatable bonds is 4. The quantitative estimate of drug-likeness (QED) is 0.174. The molecule has 0 fully saturated rings. The lowest BCUT2D eigenvalue weighted by atomic mass is 9.91. The molecular weight excluding hydrogens is 621 g/mol. The molecule has 236 valence electrons. The largest absolute Gasteiger partial charge is 0.456 e. The molecule has 3 heteroatoms. The van der Waals surface area contributed by atoms with Crippen molar-refractivity contribution < 1.29 is 42.8 Å². The van der Waals surface area contributed by atoms with Crippen molar-refractivity contribution >= 4 is 64.9 Å². The molecule has 0 aliphatic heterocycles. The van der Waals surface area contributed by atoms with E-state index in [0.29, 0.717) is 0 Å². The summed E-state index contributed by atoms with van der Waals surface area (Å²) in [6.07, 6.45) is -0.768. The monoisotopic (exact) mass is 676 g/mol. The van der Waals surface area contributed by atoms with E-state index in [4.69, 9.17) is 29.1 Å². The van der Waals surface area contributed by atoms with E-state index in [9.17, 15) is 13.7 Å². The fourth-order valence-electron chi connectivity index (χ4n) is 6.04. The van der Waals surface area contributed by atoms with Crippen molar-refractivity contribution in [3.63, 3.8) is 0 Å². The van der Waals surface area contributed by atoms with Gasteiger partial charge in [-0.25, -0.2) is 4.98 Å². The van der Waals surface area contributed by atoms with E-state index < -0.39 is 258 Å². The third-order valence-corrected chi connectivity index (χ3v) is 8.32. The predicted octanol–water partition coefficient (Wildman–Crippen LogP) is 13.1. The second kappa shape index (κ2) is 10.8. The van der Waals surface area contributed by atoms with Crippen LogP contribution in [-0.4, -0.2) is 9.97 Å². The summed E-state index contributed by atoms with van der Waals surface area (Å²) in [4.78, 5) is 8.46. The van der Waals surface area contributed by atoms with Gasteiger partial charge in [0, 0.05) is 33.6 Å². The number of pyridine rings is 2. The molecular formula is C48H28N2O. The Bertz CT molecular complexity index is 4740. The van der Waals surface area contributed by atoms with Gasteiger partial charge in [-0.2, -0.15) is 0 Å². The Balaban J connectivity index is 1.23. The van der Waals surface area contributed by atoms with E-state index in [1.807, 2.05) is 0 Å². The lowest BCUT2D eigenvalue weighted by Gasteiger charge is -2.13. The molecule has 0 unspecified atom stereocenters. The molecule has 0 amide bonds. The van der Waals surface area contributed by atoms with Crippen molar-refractivity contribution in [2.45, 2.75) is 0 Å². The van der Waals surface area contributed by atoms with Gasteiger partial charge in [0.2, 0.25) is 0 Å². The van der Waals surface area contributed by atoms with Crippen molar-refractivity contribution in [2.75, 3.05) is 0 Å². The van der Waals surface area contributed by atoms with Gasteiger partial charge in [0.15, 0.2) is 0 Å². The highest BCUT2D eigenvalue weighted by Crippen LogP contribution is 2.42. The maximum absolute atomic E-state index is 9.66. The minimum absolute atomic E-state index is 0.246. The molecule has 0 atom stereocenters. The van der Waals surface area contributed by atoms with E-state index in [1.165, 1.54) is 0 Å². The zero-order valence-electron chi connectivity index (χ0n) is 53.3. The highest BCUT2D eigenvalue weighted by Gasteiger charge is 2.16. The van der Waals surface area contributed by atoms with Crippen LogP contribution in [0.1, 0.15) is 38.4 Å². The van der Waals surface area contributed by atoms with Gasteiger partial charge in [-0.3, -0.25) is 4.98 Å². The van der Waals surface area contributed by atoms with Crippen molar-refractivity contribution in [1.82, 2.24) is 9.97 Å². The zero-order valence-corrected chi connectivity index (χ0v) is 25.3. The summed E-state index contributed by atoms with van der Waals surface area (Å²) in [7, 11) is 0. The van der Waals surface area contributed by atoms with Crippen LogP contribution >= 0.6 is 0 Å². The smallest absolute Gasteiger partial charge is 0.135 e. The van der Waals surface area contributed by atoms with Gasteiger partial charge in [-0.15, -0.1) is 0 Å². The number of aromatic nitrogens is 2. The van der Waals surface area contributed by atoms with Crippen LogP contribution in [0.15, 0.2) is 174 Å². The lowest BCUT2D eigenvalue weighted by Crippen LogP contribution is -1.91. The molecule has 8 aromatic carbocycles. The summed E-state index contributed by atoms with van der Waals surface area (Å²) < 4.78 is 257. The van der Waals surface area contributed by atoms with Gasteiger partial charge in [-0.1, -0.05) is 127 Å². The normalized spacial score (nSPS) is 19.6. The fourth-order valence-corrected chi connectivity index (χ4v) is 6.04. The Hall–Kier alpha value is -6.84. The molecule has 11 aromatic rings. The average molecular weight is 677 g/mol. The van der Waals surface area contributed by atoms with Crippen LogP contribution in [0.25, 0.3) is 110 Å². The molecule has 51 heavy (non-hydrogen) atoms. The van der Waals surface area contributed by atoms with Gasteiger partial charge >= 0.3 is 0 Å². The molecule has 3 nitrogen and oxygen atoms in total. The second-order valence-electron chi connectivity index (χ2n) is 11.1. The summed E-state index contributed by atoms with van der Waals surface area (Å²) >= 11 is 0. The van der Waals surface area contributed by atoms with E-state index in [-0.39, 0.29) is 21.5 Å². The third-order valence-electron chi connectivity index (χ3n) is 8.32. The molecule has 3 heterocycles. The zero-order chi connectivity index (χ0) is 57.8. The highest BCUT2D eigenvalue weighted by molar-refractivity contribution is 6.25. The molecule has 0 saturated heterocycles. The molecule has 0 N–H and O–H groups in total. The van der Waals surface area contributed by atoms with Crippen LogP contribution in [0.2, 0.25) is 0 Å².